The van der Waals surface area contributed by atoms with E-state index in [0.29, 0.717) is 5.13 Å². The van der Waals surface area contributed by atoms with E-state index in [1.165, 1.54) is 17.4 Å². The van der Waals surface area contributed by atoms with Crippen LogP contribution in [0, 0.1) is 0 Å². The van der Waals surface area contributed by atoms with Crippen molar-refractivity contribution in [2.75, 3.05) is 6.26 Å². The maximum absolute atomic E-state index is 9.94. The molecule has 0 atom stereocenters. The molecule has 0 fully saturated rings. The van der Waals surface area contributed by atoms with Gasteiger partial charge in [0, 0.05) is 0 Å². The summed E-state index contributed by atoms with van der Waals surface area (Å²) in [4.78, 5) is 13.3. The van der Waals surface area contributed by atoms with Gasteiger partial charge < -0.3 is 0 Å². The highest BCUT2D eigenvalue weighted by molar-refractivity contribution is 7.99. The first-order chi connectivity index (χ1) is 6.10. The molecule has 1 rings (SSSR count). The summed E-state index contributed by atoms with van der Waals surface area (Å²) in [7, 11) is 0. The van der Waals surface area contributed by atoms with Crippen LogP contribution >= 0.6 is 23.1 Å². The Labute approximate surface area is 84.5 Å². The summed E-state index contributed by atoms with van der Waals surface area (Å²) in [6.45, 7) is 4.10. The monoisotopic (exact) mass is 215 g/mol. The lowest BCUT2D eigenvalue weighted by atomic mass is 10.2. The smallest absolute Gasteiger partial charge is 0.211 e. The molecule has 0 aliphatic rings. The third-order valence-corrected chi connectivity index (χ3v) is 4.06. The van der Waals surface area contributed by atoms with Gasteiger partial charge in [-0.3, -0.25) is 0 Å². The predicted octanol–water partition coefficient (Wildman–Crippen LogP) is 2.10. The van der Waals surface area contributed by atoms with E-state index in [1.54, 1.807) is 11.8 Å². The molecule has 0 N–H and O–H groups in total. The Morgan fingerprint density at radius 2 is 2.23 bits per heavy atom. The van der Waals surface area contributed by atoms with Crippen molar-refractivity contribution in [3.8, 4) is 0 Å². The maximum Gasteiger partial charge on any atom is 0.242 e. The summed E-state index contributed by atoms with van der Waals surface area (Å²) in [6, 6.07) is 0. The van der Waals surface area contributed by atoms with Crippen molar-refractivity contribution in [2.45, 2.75) is 18.6 Å². The van der Waals surface area contributed by atoms with Crippen LogP contribution in [-0.4, -0.2) is 22.5 Å². The van der Waals surface area contributed by atoms with Gasteiger partial charge in [-0.25, -0.2) is 4.79 Å². The normalized spacial score (nSPS) is 11.0. The lowest BCUT2D eigenvalue weighted by molar-refractivity contribution is 0.565. The fraction of sp³-hybridized carbons (Fsp3) is 0.571. The van der Waals surface area contributed by atoms with Crippen molar-refractivity contribution < 1.29 is 4.79 Å². The van der Waals surface area contributed by atoms with E-state index in [1.807, 2.05) is 20.1 Å². The highest BCUT2D eigenvalue weighted by Crippen LogP contribution is 2.36. The van der Waals surface area contributed by atoms with Crippen molar-refractivity contribution in [3.63, 3.8) is 0 Å². The van der Waals surface area contributed by atoms with Gasteiger partial charge in [0.15, 0.2) is 0 Å². The van der Waals surface area contributed by atoms with Crippen LogP contribution in [0.4, 0.5) is 5.13 Å². The van der Waals surface area contributed by atoms with Crippen LogP contribution in [0.5, 0.6) is 0 Å². The van der Waals surface area contributed by atoms with Crippen LogP contribution in [0.3, 0.4) is 0 Å². The summed E-state index contributed by atoms with van der Waals surface area (Å²) < 4.78 is -0.0751. The van der Waals surface area contributed by atoms with Crippen molar-refractivity contribution in [3.05, 3.63) is 5.01 Å². The molecule has 0 amide bonds. The predicted molar refractivity (Wildman–Crippen MR) is 54.2 cm³/mol. The third kappa shape index (κ3) is 2.37. The van der Waals surface area contributed by atoms with Gasteiger partial charge in [0.1, 0.15) is 5.01 Å². The number of aromatic nitrogens is 2. The molecular formula is C7H9N3OS2. The van der Waals surface area contributed by atoms with Crippen molar-refractivity contribution >= 4 is 34.3 Å². The second-order valence-corrected chi connectivity index (χ2v) is 5.19. The number of carbonyl (C=O) groups excluding carboxylic acids is 1. The number of thioether (sulfide) groups is 1. The van der Waals surface area contributed by atoms with E-state index < -0.39 is 0 Å². The fourth-order valence-electron chi connectivity index (χ4n) is 0.630. The van der Waals surface area contributed by atoms with E-state index in [9.17, 15) is 4.79 Å². The van der Waals surface area contributed by atoms with Gasteiger partial charge in [-0.1, -0.05) is 11.3 Å². The molecular weight excluding hydrogens is 206 g/mol. The quantitative estimate of drug-likeness (QED) is 0.572. The second-order valence-electron chi connectivity index (χ2n) is 2.81. The molecule has 70 valence electrons. The third-order valence-electron chi connectivity index (χ3n) is 1.58. The molecule has 1 aromatic rings. The standard InChI is InChI=1S/C7H9N3OS2/c1-7(2,12-3)5-9-10-6(13-5)8-4-11/h1-3H3. The zero-order valence-electron chi connectivity index (χ0n) is 7.57. The molecule has 0 saturated carbocycles. The van der Waals surface area contributed by atoms with Crippen LogP contribution in [-0.2, 0) is 9.54 Å². The first-order valence-electron chi connectivity index (χ1n) is 3.57. The molecule has 4 nitrogen and oxygen atoms in total. The molecule has 0 aliphatic heterocycles. The highest BCUT2D eigenvalue weighted by Gasteiger charge is 2.23. The molecule has 1 heterocycles. The minimum atomic E-state index is -0.0751. The SMILES string of the molecule is CSC(C)(C)c1nnc(N=C=O)s1. The summed E-state index contributed by atoms with van der Waals surface area (Å²) in [5.74, 6) is 0. The molecule has 0 radical (unpaired) electrons. The Balaban J connectivity index is 2.97. The topological polar surface area (TPSA) is 55.2 Å². The van der Waals surface area contributed by atoms with Crippen LogP contribution in [0.25, 0.3) is 0 Å². The second kappa shape index (κ2) is 4.00. The van der Waals surface area contributed by atoms with Gasteiger partial charge in [0.25, 0.3) is 0 Å². The molecule has 0 aliphatic carbocycles. The van der Waals surface area contributed by atoms with Gasteiger partial charge in [-0.15, -0.1) is 15.2 Å². The molecule has 0 saturated heterocycles. The molecule has 13 heavy (non-hydrogen) atoms. The van der Waals surface area contributed by atoms with E-state index in [2.05, 4.69) is 15.2 Å². The highest BCUT2D eigenvalue weighted by atomic mass is 32.2. The summed E-state index contributed by atoms with van der Waals surface area (Å²) in [6.07, 6.45) is 3.45. The van der Waals surface area contributed by atoms with E-state index in [4.69, 9.17) is 0 Å². The van der Waals surface area contributed by atoms with Crippen LogP contribution < -0.4 is 0 Å². The Morgan fingerprint density at radius 1 is 1.54 bits per heavy atom. The minimum absolute atomic E-state index is 0.0751. The maximum atomic E-state index is 9.94. The van der Waals surface area contributed by atoms with Gasteiger partial charge in [0.2, 0.25) is 11.2 Å². The zero-order chi connectivity index (χ0) is 9.90. The number of isocyanates is 1. The van der Waals surface area contributed by atoms with Crippen LogP contribution in [0.1, 0.15) is 18.9 Å². The lowest BCUT2D eigenvalue weighted by Gasteiger charge is -2.16. The fourth-order valence-corrected chi connectivity index (χ4v) is 1.89. The minimum Gasteiger partial charge on any atom is -0.211 e. The average molecular weight is 215 g/mol. The lowest BCUT2D eigenvalue weighted by Crippen LogP contribution is -2.10. The Bertz CT molecular complexity index is 341. The van der Waals surface area contributed by atoms with E-state index >= 15 is 0 Å². The van der Waals surface area contributed by atoms with Gasteiger partial charge in [-0.05, 0) is 20.1 Å². The van der Waals surface area contributed by atoms with Crippen LogP contribution in [0.2, 0.25) is 0 Å². The molecule has 6 heteroatoms. The molecule has 0 bridgehead atoms. The van der Waals surface area contributed by atoms with E-state index in [0.717, 1.165) is 5.01 Å². The molecule has 0 aromatic carbocycles. The molecule has 0 spiro atoms. The number of rotatable bonds is 3. The number of hydrogen-bond donors (Lipinski definition) is 0. The average Bonchev–Trinajstić information content (AvgIpc) is 2.54. The van der Waals surface area contributed by atoms with Crippen LogP contribution in [0.15, 0.2) is 4.99 Å². The summed E-state index contributed by atoms with van der Waals surface area (Å²) in [5.41, 5.74) is 0. The van der Waals surface area contributed by atoms with Gasteiger partial charge in [-0.2, -0.15) is 11.8 Å². The van der Waals surface area contributed by atoms with Gasteiger partial charge in [0.05, 0.1) is 4.75 Å². The number of nitrogens with zero attached hydrogens (tertiary/aromatic N) is 3. The number of hydrogen-bond acceptors (Lipinski definition) is 6. The summed E-state index contributed by atoms with van der Waals surface area (Å²) >= 11 is 3.00. The Morgan fingerprint density at radius 3 is 2.77 bits per heavy atom. The van der Waals surface area contributed by atoms with Crippen molar-refractivity contribution in [2.24, 2.45) is 4.99 Å². The van der Waals surface area contributed by atoms with Crippen molar-refractivity contribution in [1.82, 2.24) is 10.2 Å². The van der Waals surface area contributed by atoms with Gasteiger partial charge >= 0.3 is 0 Å². The first kappa shape index (κ1) is 10.4. The zero-order valence-corrected chi connectivity index (χ0v) is 9.20. The Kier molecular flexibility index (Phi) is 3.19. The summed E-state index contributed by atoms with van der Waals surface area (Å²) in [5, 5.41) is 8.94. The van der Waals surface area contributed by atoms with Crippen molar-refractivity contribution in [1.29, 1.82) is 0 Å². The molecule has 1 aromatic heterocycles. The number of aliphatic imine (C=N–C) groups is 1. The first-order valence-corrected chi connectivity index (χ1v) is 5.61. The Hall–Kier alpha value is -0.710. The largest absolute Gasteiger partial charge is 0.242 e. The molecule has 0 unspecified atom stereocenters. The van der Waals surface area contributed by atoms with E-state index in [-0.39, 0.29) is 4.75 Å².